The van der Waals surface area contributed by atoms with Crippen LogP contribution in [-0.4, -0.2) is 34.7 Å². The van der Waals surface area contributed by atoms with Gasteiger partial charge in [0.1, 0.15) is 12.4 Å². The number of hydrogen-bond donors (Lipinski definition) is 1. The first kappa shape index (κ1) is 19.1. The molecular formula is C19H26N2O4. The average Bonchev–Trinajstić information content (AvgIpc) is 2.57. The summed E-state index contributed by atoms with van der Waals surface area (Å²) in [7, 11) is 0. The van der Waals surface area contributed by atoms with Crippen molar-refractivity contribution < 1.29 is 14.6 Å². The number of aromatic nitrogens is 2. The molecule has 0 aliphatic rings. The van der Waals surface area contributed by atoms with Gasteiger partial charge in [0, 0.05) is 6.07 Å². The van der Waals surface area contributed by atoms with Crippen LogP contribution in [-0.2, 0) is 23.3 Å². The van der Waals surface area contributed by atoms with E-state index < -0.39 is 0 Å². The quantitative estimate of drug-likeness (QED) is 0.741. The predicted octanol–water partition coefficient (Wildman–Crippen LogP) is 2.13. The van der Waals surface area contributed by atoms with Crippen LogP contribution in [0.2, 0.25) is 0 Å². The molecule has 6 heteroatoms. The van der Waals surface area contributed by atoms with Crippen molar-refractivity contribution in [3.63, 3.8) is 0 Å². The molecule has 6 nitrogen and oxygen atoms in total. The third-order valence-corrected chi connectivity index (χ3v) is 3.61. The molecule has 0 spiro atoms. The molecule has 0 radical (unpaired) electrons. The Morgan fingerprint density at radius 1 is 1.12 bits per heavy atom. The Morgan fingerprint density at radius 2 is 1.80 bits per heavy atom. The molecule has 136 valence electrons. The molecule has 0 aliphatic heterocycles. The molecule has 0 unspecified atom stereocenters. The zero-order valence-electron chi connectivity index (χ0n) is 15.1. The van der Waals surface area contributed by atoms with E-state index in [4.69, 9.17) is 14.6 Å². The SMILES string of the molecule is CC(C)(C)n1ncc(OCc2ccc(CCOCCO)cc2)cc1=O. The van der Waals surface area contributed by atoms with Gasteiger partial charge in [-0.25, -0.2) is 4.68 Å². The van der Waals surface area contributed by atoms with Crippen LogP contribution in [0.1, 0.15) is 31.9 Å². The Balaban J connectivity index is 1.89. The van der Waals surface area contributed by atoms with E-state index in [0.717, 1.165) is 17.5 Å². The summed E-state index contributed by atoms with van der Waals surface area (Å²) in [5, 5.41) is 12.8. The van der Waals surface area contributed by atoms with Crippen molar-refractivity contribution in [1.82, 2.24) is 9.78 Å². The van der Waals surface area contributed by atoms with Gasteiger partial charge in [-0.2, -0.15) is 5.10 Å². The Labute approximate surface area is 148 Å². The van der Waals surface area contributed by atoms with Gasteiger partial charge in [-0.15, -0.1) is 0 Å². The largest absolute Gasteiger partial charge is 0.487 e. The summed E-state index contributed by atoms with van der Waals surface area (Å²) < 4.78 is 12.4. The summed E-state index contributed by atoms with van der Waals surface area (Å²) in [6.07, 6.45) is 2.37. The molecule has 2 aromatic rings. The molecule has 1 N–H and O–H groups in total. The van der Waals surface area contributed by atoms with Gasteiger partial charge in [-0.1, -0.05) is 24.3 Å². The van der Waals surface area contributed by atoms with E-state index >= 15 is 0 Å². The van der Waals surface area contributed by atoms with E-state index in [1.807, 2.05) is 45.0 Å². The fourth-order valence-electron chi connectivity index (χ4n) is 2.30. The molecular weight excluding hydrogens is 320 g/mol. The summed E-state index contributed by atoms with van der Waals surface area (Å²) in [5.74, 6) is 0.465. The van der Waals surface area contributed by atoms with Gasteiger partial charge in [-0.05, 0) is 38.3 Å². The highest BCUT2D eigenvalue weighted by Gasteiger charge is 2.16. The van der Waals surface area contributed by atoms with E-state index in [0.29, 0.717) is 25.6 Å². The van der Waals surface area contributed by atoms with E-state index in [-0.39, 0.29) is 17.7 Å². The van der Waals surface area contributed by atoms with Crippen LogP contribution in [0.15, 0.2) is 41.3 Å². The second-order valence-corrected chi connectivity index (χ2v) is 6.80. The van der Waals surface area contributed by atoms with E-state index in [2.05, 4.69) is 5.10 Å². The lowest BCUT2D eigenvalue weighted by atomic mass is 10.1. The maximum absolute atomic E-state index is 12.1. The Kier molecular flexibility index (Phi) is 6.73. The normalized spacial score (nSPS) is 11.5. The Morgan fingerprint density at radius 3 is 2.40 bits per heavy atom. The number of aliphatic hydroxyl groups is 1. The zero-order valence-corrected chi connectivity index (χ0v) is 15.1. The van der Waals surface area contributed by atoms with Crippen molar-refractivity contribution in [2.75, 3.05) is 19.8 Å². The number of hydrogen-bond acceptors (Lipinski definition) is 5. The molecule has 25 heavy (non-hydrogen) atoms. The van der Waals surface area contributed by atoms with Crippen LogP contribution in [0.5, 0.6) is 5.75 Å². The molecule has 0 atom stereocenters. The fourth-order valence-corrected chi connectivity index (χ4v) is 2.30. The standard InChI is InChI=1S/C19H26N2O4/c1-19(2,3)21-18(23)12-17(13-20-21)25-14-16-6-4-15(5-7-16)8-10-24-11-9-22/h4-7,12-13,22H,8-11,14H2,1-3H3. The second-order valence-electron chi connectivity index (χ2n) is 6.80. The monoisotopic (exact) mass is 346 g/mol. The van der Waals surface area contributed by atoms with Crippen molar-refractivity contribution in [2.45, 2.75) is 39.3 Å². The summed E-state index contributed by atoms with van der Waals surface area (Å²) in [5.41, 5.74) is 1.64. The minimum Gasteiger partial charge on any atom is -0.487 e. The zero-order chi connectivity index (χ0) is 18.3. The number of ether oxygens (including phenoxy) is 2. The third kappa shape index (κ3) is 5.99. The number of nitrogens with zero attached hydrogens (tertiary/aromatic N) is 2. The van der Waals surface area contributed by atoms with E-state index in [1.165, 1.54) is 10.7 Å². The first-order valence-corrected chi connectivity index (χ1v) is 8.39. The minimum absolute atomic E-state index is 0.0471. The van der Waals surface area contributed by atoms with Gasteiger partial charge in [0.25, 0.3) is 5.56 Å². The Bertz CT molecular complexity index is 717. The van der Waals surface area contributed by atoms with Gasteiger partial charge >= 0.3 is 0 Å². The molecule has 2 rings (SSSR count). The van der Waals surface area contributed by atoms with Gasteiger partial charge < -0.3 is 14.6 Å². The molecule has 0 aliphatic carbocycles. The van der Waals surface area contributed by atoms with Crippen LogP contribution in [0, 0.1) is 0 Å². The van der Waals surface area contributed by atoms with Crippen molar-refractivity contribution in [3.8, 4) is 5.75 Å². The van der Waals surface area contributed by atoms with E-state index in [9.17, 15) is 4.79 Å². The molecule has 1 aromatic carbocycles. The number of benzene rings is 1. The van der Waals surface area contributed by atoms with Gasteiger partial charge in [0.15, 0.2) is 0 Å². The summed E-state index contributed by atoms with van der Waals surface area (Å²) in [4.78, 5) is 12.1. The maximum atomic E-state index is 12.1. The number of rotatable bonds is 8. The first-order chi connectivity index (χ1) is 11.9. The fraction of sp³-hybridized carbons (Fsp3) is 0.474. The van der Waals surface area contributed by atoms with Crippen LogP contribution in [0.3, 0.4) is 0 Å². The first-order valence-electron chi connectivity index (χ1n) is 8.39. The predicted molar refractivity (Wildman–Crippen MR) is 95.9 cm³/mol. The lowest BCUT2D eigenvalue weighted by molar-refractivity contribution is 0.0944. The minimum atomic E-state index is -0.355. The molecule has 0 amide bonds. The number of aliphatic hydroxyl groups excluding tert-OH is 1. The van der Waals surface area contributed by atoms with Crippen molar-refractivity contribution in [3.05, 3.63) is 58.0 Å². The second kappa shape index (κ2) is 8.78. The van der Waals surface area contributed by atoms with Gasteiger partial charge in [-0.3, -0.25) is 4.79 Å². The average molecular weight is 346 g/mol. The lowest BCUT2D eigenvalue weighted by Crippen LogP contribution is -2.35. The highest BCUT2D eigenvalue weighted by molar-refractivity contribution is 5.23. The van der Waals surface area contributed by atoms with Gasteiger partial charge in [0.05, 0.1) is 31.6 Å². The summed E-state index contributed by atoms with van der Waals surface area (Å²) in [6, 6.07) is 9.50. The highest BCUT2D eigenvalue weighted by atomic mass is 16.5. The topological polar surface area (TPSA) is 73.6 Å². The smallest absolute Gasteiger partial charge is 0.270 e. The third-order valence-electron chi connectivity index (χ3n) is 3.61. The molecule has 0 bridgehead atoms. The van der Waals surface area contributed by atoms with Crippen molar-refractivity contribution >= 4 is 0 Å². The van der Waals surface area contributed by atoms with Gasteiger partial charge in [0.2, 0.25) is 0 Å². The highest BCUT2D eigenvalue weighted by Crippen LogP contribution is 2.13. The van der Waals surface area contributed by atoms with Crippen molar-refractivity contribution in [2.24, 2.45) is 0 Å². The maximum Gasteiger partial charge on any atom is 0.270 e. The van der Waals surface area contributed by atoms with Crippen LogP contribution in [0.4, 0.5) is 0 Å². The molecule has 0 saturated heterocycles. The van der Waals surface area contributed by atoms with E-state index in [1.54, 1.807) is 6.20 Å². The van der Waals surface area contributed by atoms with Crippen molar-refractivity contribution in [1.29, 1.82) is 0 Å². The molecule has 1 aromatic heterocycles. The molecule has 1 heterocycles. The Hall–Kier alpha value is -2.18. The summed E-state index contributed by atoms with van der Waals surface area (Å²) >= 11 is 0. The molecule has 0 fully saturated rings. The molecule has 0 saturated carbocycles. The lowest BCUT2D eigenvalue weighted by Gasteiger charge is -2.20. The van der Waals surface area contributed by atoms with Crippen LogP contribution >= 0.6 is 0 Å². The summed E-state index contributed by atoms with van der Waals surface area (Å²) in [6.45, 7) is 7.17. The van der Waals surface area contributed by atoms with Crippen LogP contribution < -0.4 is 10.3 Å². The van der Waals surface area contributed by atoms with Crippen LogP contribution in [0.25, 0.3) is 0 Å².